The molecule has 0 spiro atoms. The van der Waals surface area contributed by atoms with E-state index in [-0.39, 0.29) is 17.8 Å². The van der Waals surface area contributed by atoms with Crippen molar-refractivity contribution in [3.63, 3.8) is 0 Å². The molecule has 1 aliphatic rings. The summed E-state index contributed by atoms with van der Waals surface area (Å²) in [5, 5.41) is 15.0. The van der Waals surface area contributed by atoms with Crippen LogP contribution in [0.2, 0.25) is 0 Å². The Morgan fingerprint density at radius 2 is 2.00 bits per heavy atom. The number of hydrogen-bond donors (Lipinski definition) is 2. The van der Waals surface area contributed by atoms with Crippen molar-refractivity contribution in [3.05, 3.63) is 65.5 Å². The predicted molar refractivity (Wildman–Crippen MR) is 111 cm³/mol. The predicted octanol–water partition coefficient (Wildman–Crippen LogP) is 4.71. The quantitative estimate of drug-likeness (QED) is 0.572. The maximum Gasteiger partial charge on any atom is 0.230 e. The van der Waals surface area contributed by atoms with Gasteiger partial charge in [0, 0.05) is 5.69 Å². The zero-order chi connectivity index (χ0) is 19.3. The van der Waals surface area contributed by atoms with Crippen molar-refractivity contribution in [1.82, 2.24) is 15.5 Å². The van der Waals surface area contributed by atoms with E-state index in [0.29, 0.717) is 15.2 Å². The third-order valence-corrected chi connectivity index (χ3v) is 6.51. The van der Waals surface area contributed by atoms with E-state index in [1.165, 1.54) is 46.4 Å². The van der Waals surface area contributed by atoms with Crippen LogP contribution < -0.4 is 10.6 Å². The Morgan fingerprint density at radius 3 is 2.86 bits per heavy atom. The number of aromatic nitrogens is 2. The molecule has 0 fully saturated rings. The number of anilines is 2. The molecule has 1 aliphatic carbocycles. The van der Waals surface area contributed by atoms with Gasteiger partial charge in [-0.05, 0) is 54.7 Å². The zero-order valence-corrected chi connectivity index (χ0v) is 16.7. The number of halogens is 1. The van der Waals surface area contributed by atoms with E-state index in [2.05, 4.69) is 33.0 Å². The second kappa shape index (κ2) is 8.70. The van der Waals surface area contributed by atoms with Gasteiger partial charge in [-0.15, -0.1) is 10.2 Å². The van der Waals surface area contributed by atoms with E-state index in [9.17, 15) is 9.18 Å². The lowest BCUT2D eigenvalue weighted by atomic mass is 9.88. The molecule has 1 unspecified atom stereocenters. The van der Waals surface area contributed by atoms with Gasteiger partial charge in [-0.1, -0.05) is 47.4 Å². The number of rotatable bonds is 6. The number of amides is 1. The molecule has 1 heterocycles. The van der Waals surface area contributed by atoms with Crippen LogP contribution in [0, 0.1) is 5.82 Å². The minimum atomic E-state index is -0.286. The first-order chi connectivity index (χ1) is 13.7. The molecular weight excluding hydrogens is 395 g/mol. The van der Waals surface area contributed by atoms with E-state index >= 15 is 0 Å². The van der Waals surface area contributed by atoms with E-state index in [1.807, 2.05) is 12.1 Å². The molecule has 4 rings (SSSR count). The molecule has 0 saturated heterocycles. The number of nitrogens with zero attached hydrogens (tertiary/aromatic N) is 2. The van der Waals surface area contributed by atoms with Gasteiger partial charge < -0.3 is 10.6 Å². The molecule has 8 heteroatoms. The molecule has 1 atom stereocenters. The fraction of sp³-hybridized carbons (Fsp3) is 0.250. The smallest absolute Gasteiger partial charge is 0.230 e. The largest absolute Gasteiger partial charge is 0.349 e. The van der Waals surface area contributed by atoms with Crippen molar-refractivity contribution in [2.45, 2.75) is 29.6 Å². The minimum absolute atomic E-state index is 0.00468. The molecule has 2 aromatic carbocycles. The van der Waals surface area contributed by atoms with Crippen molar-refractivity contribution >= 4 is 39.8 Å². The molecule has 0 aliphatic heterocycles. The first-order valence-electron chi connectivity index (χ1n) is 9.03. The first-order valence-corrected chi connectivity index (χ1v) is 10.8. The van der Waals surface area contributed by atoms with E-state index in [4.69, 9.17) is 0 Å². The summed E-state index contributed by atoms with van der Waals surface area (Å²) in [6, 6.07) is 14.4. The van der Waals surface area contributed by atoms with Crippen LogP contribution in [-0.2, 0) is 11.2 Å². The van der Waals surface area contributed by atoms with Crippen LogP contribution in [0.1, 0.15) is 30.0 Å². The Kier molecular flexibility index (Phi) is 5.87. The molecule has 5 nitrogen and oxygen atoms in total. The average molecular weight is 415 g/mol. The van der Waals surface area contributed by atoms with Gasteiger partial charge in [-0.2, -0.15) is 0 Å². The number of carbonyl (C=O) groups excluding carboxylic acids is 1. The van der Waals surface area contributed by atoms with E-state index in [0.717, 1.165) is 24.9 Å². The molecule has 1 aromatic heterocycles. The molecule has 3 aromatic rings. The highest BCUT2D eigenvalue weighted by atomic mass is 32.2. The molecule has 2 N–H and O–H groups in total. The summed E-state index contributed by atoms with van der Waals surface area (Å²) in [4.78, 5) is 12.4. The summed E-state index contributed by atoms with van der Waals surface area (Å²) < 4.78 is 13.7. The highest BCUT2D eigenvalue weighted by molar-refractivity contribution is 8.01. The highest BCUT2D eigenvalue weighted by Crippen LogP contribution is 2.30. The number of hydrogen-bond acceptors (Lipinski definition) is 6. The number of carbonyl (C=O) groups is 1. The van der Waals surface area contributed by atoms with Gasteiger partial charge >= 0.3 is 0 Å². The summed E-state index contributed by atoms with van der Waals surface area (Å²) in [7, 11) is 0. The van der Waals surface area contributed by atoms with Gasteiger partial charge in [0.25, 0.3) is 0 Å². The monoisotopic (exact) mass is 414 g/mol. The van der Waals surface area contributed by atoms with Crippen LogP contribution in [0.3, 0.4) is 0 Å². The van der Waals surface area contributed by atoms with Crippen molar-refractivity contribution < 1.29 is 9.18 Å². The van der Waals surface area contributed by atoms with Gasteiger partial charge in [0.15, 0.2) is 4.34 Å². The summed E-state index contributed by atoms with van der Waals surface area (Å²) in [6.07, 6.45) is 3.13. The lowest BCUT2D eigenvalue weighted by Gasteiger charge is -2.26. The molecule has 0 radical (unpaired) electrons. The number of thioether (sulfide) groups is 1. The molecule has 144 valence electrons. The second-order valence-corrected chi connectivity index (χ2v) is 8.70. The first kappa shape index (κ1) is 18.9. The van der Waals surface area contributed by atoms with Gasteiger partial charge in [-0.3, -0.25) is 4.79 Å². The summed E-state index contributed by atoms with van der Waals surface area (Å²) in [6.45, 7) is 0. The Balaban J connectivity index is 1.30. The Bertz CT molecular complexity index is 961. The summed E-state index contributed by atoms with van der Waals surface area (Å²) >= 11 is 2.73. The van der Waals surface area contributed by atoms with Crippen LogP contribution in [0.4, 0.5) is 15.2 Å². The summed E-state index contributed by atoms with van der Waals surface area (Å²) in [5.74, 6) is 0.00438. The van der Waals surface area contributed by atoms with Crippen LogP contribution in [0.25, 0.3) is 0 Å². The fourth-order valence-corrected chi connectivity index (χ4v) is 4.83. The maximum absolute atomic E-state index is 13.0. The van der Waals surface area contributed by atoms with E-state index < -0.39 is 0 Å². The van der Waals surface area contributed by atoms with Gasteiger partial charge in [-0.25, -0.2) is 4.39 Å². The van der Waals surface area contributed by atoms with Gasteiger partial charge in [0.05, 0.1) is 11.8 Å². The molecular formula is C20H19FN4OS2. The zero-order valence-electron chi connectivity index (χ0n) is 15.0. The molecule has 0 bridgehead atoms. The normalized spacial score (nSPS) is 15.7. The van der Waals surface area contributed by atoms with Crippen LogP contribution in [0.5, 0.6) is 0 Å². The second-order valence-electron chi connectivity index (χ2n) is 6.50. The summed E-state index contributed by atoms with van der Waals surface area (Å²) in [5.41, 5.74) is 3.30. The molecule has 1 amide bonds. The van der Waals surface area contributed by atoms with Crippen LogP contribution in [-0.4, -0.2) is 21.9 Å². The van der Waals surface area contributed by atoms with Crippen molar-refractivity contribution in [3.8, 4) is 0 Å². The maximum atomic E-state index is 13.0. The SMILES string of the molecule is O=C(CSc1nnc(Nc2ccc(F)cc2)s1)NC1CCCc2ccccc21. The number of benzene rings is 2. The Hall–Kier alpha value is -2.45. The Morgan fingerprint density at radius 1 is 1.18 bits per heavy atom. The molecule has 28 heavy (non-hydrogen) atoms. The van der Waals surface area contributed by atoms with Crippen molar-refractivity contribution in [1.29, 1.82) is 0 Å². The van der Waals surface area contributed by atoms with Gasteiger partial charge in [0.2, 0.25) is 11.0 Å². The van der Waals surface area contributed by atoms with Gasteiger partial charge in [0.1, 0.15) is 5.82 Å². The average Bonchev–Trinajstić information content (AvgIpc) is 3.16. The molecule has 0 saturated carbocycles. The Labute approximate surface area is 170 Å². The number of aryl methyl sites for hydroxylation is 1. The standard InChI is InChI=1S/C20H19FN4OS2/c21-14-8-10-15(11-9-14)22-19-24-25-20(28-19)27-12-18(26)23-17-7-3-5-13-4-1-2-6-16(13)17/h1-2,4,6,8-11,17H,3,5,7,12H2,(H,22,24)(H,23,26). The lowest BCUT2D eigenvalue weighted by Crippen LogP contribution is -2.32. The number of fused-ring (bicyclic) bond motifs is 1. The van der Waals surface area contributed by atoms with Crippen molar-refractivity contribution in [2.24, 2.45) is 0 Å². The fourth-order valence-electron chi connectivity index (χ4n) is 3.24. The van der Waals surface area contributed by atoms with Crippen molar-refractivity contribution in [2.75, 3.05) is 11.1 Å². The topological polar surface area (TPSA) is 66.9 Å². The number of nitrogens with one attached hydrogen (secondary N) is 2. The minimum Gasteiger partial charge on any atom is -0.349 e. The van der Waals surface area contributed by atoms with Crippen LogP contribution in [0.15, 0.2) is 52.9 Å². The third kappa shape index (κ3) is 4.69. The van der Waals surface area contributed by atoms with E-state index in [1.54, 1.807) is 12.1 Å². The lowest BCUT2D eigenvalue weighted by molar-refractivity contribution is -0.119. The highest BCUT2D eigenvalue weighted by Gasteiger charge is 2.21. The van der Waals surface area contributed by atoms with Crippen LogP contribution >= 0.6 is 23.1 Å². The third-order valence-electron chi connectivity index (χ3n) is 4.53.